The molecule has 1 aromatic carbocycles. The van der Waals surface area contributed by atoms with Crippen molar-refractivity contribution in [3.05, 3.63) is 28.8 Å². The van der Waals surface area contributed by atoms with Gasteiger partial charge in [0, 0.05) is 25.0 Å². The topological polar surface area (TPSA) is 64.9 Å². The van der Waals surface area contributed by atoms with Crippen molar-refractivity contribution in [2.75, 3.05) is 18.9 Å². The van der Waals surface area contributed by atoms with Crippen molar-refractivity contribution in [2.45, 2.75) is 6.42 Å². The summed E-state index contributed by atoms with van der Waals surface area (Å²) < 4.78 is 0. The monoisotopic (exact) mass is 237 g/mol. The molecule has 0 saturated heterocycles. The maximum absolute atomic E-state index is 11.0. The number of amides is 1. The van der Waals surface area contributed by atoms with E-state index < -0.39 is 0 Å². The number of carbonyl (C=O) groups excluding carboxylic acids is 1. The van der Waals surface area contributed by atoms with Crippen LogP contribution in [-0.4, -0.2) is 19.5 Å². The Labute approximate surface area is 99.2 Å². The number of nitrogens with one attached hydrogen (secondary N) is 2. The normalized spacial score (nSPS) is 9.31. The molecule has 16 heavy (non-hydrogen) atoms. The molecule has 0 heterocycles. The van der Waals surface area contributed by atoms with Gasteiger partial charge in [-0.25, -0.2) is 0 Å². The molecule has 0 fully saturated rings. The molecule has 0 aliphatic carbocycles. The molecule has 0 aromatic heterocycles. The highest BCUT2D eigenvalue weighted by molar-refractivity contribution is 6.30. The van der Waals surface area contributed by atoms with Gasteiger partial charge < -0.3 is 10.6 Å². The molecule has 0 bridgehead atoms. The summed E-state index contributed by atoms with van der Waals surface area (Å²) in [5.74, 6) is -0.0481. The number of halogens is 1. The van der Waals surface area contributed by atoms with Gasteiger partial charge in [-0.15, -0.1) is 0 Å². The minimum atomic E-state index is -0.0481. The van der Waals surface area contributed by atoms with E-state index in [1.54, 1.807) is 25.2 Å². The predicted molar refractivity (Wildman–Crippen MR) is 63.3 cm³/mol. The van der Waals surface area contributed by atoms with Gasteiger partial charge in [0.15, 0.2) is 0 Å². The van der Waals surface area contributed by atoms with Crippen molar-refractivity contribution < 1.29 is 4.79 Å². The Hall–Kier alpha value is -1.73. The number of nitrogens with zero attached hydrogens (tertiary/aromatic N) is 1. The number of rotatable bonds is 4. The summed E-state index contributed by atoms with van der Waals surface area (Å²) >= 11 is 5.81. The van der Waals surface area contributed by atoms with Crippen molar-refractivity contribution in [1.29, 1.82) is 5.26 Å². The van der Waals surface area contributed by atoms with Crippen LogP contribution in [0.2, 0.25) is 5.02 Å². The number of hydrogen-bond donors (Lipinski definition) is 2. The summed E-state index contributed by atoms with van der Waals surface area (Å²) in [7, 11) is 1.59. The lowest BCUT2D eigenvalue weighted by Crippen LogP contribution is -2.20. The third-order valence-corrected chi connectivity index (χ3v) is 2.28. The Morgan fingerprint density at radius 2 is 2.31 bits per heavy atom. The van der Waals surface area contributed by atoms with Gasteiger partial charge in [-0.2, -0.15) is 5.26 Å². The second-order valence-corrected chi connectivity index (χ2v) is 3.59. The van der Waals surface area contributed by atoms with E-state index in [2.05, 4.69) is 16.7 Å². The van der Waals surface area contributed by atoms with E-state index in [1.807, 2.05) is 0 Å². The highest BCUT2D eigenvalue weighted by Gasteiger charge is 2.03. The molecule has 2 N–H and O–H groups in total. The van der Waals surface area contributed by atoms with Crippen LogP contribution in [0.15, 0.2) is 18.2 Å². The zero-order valence-electron chi connectivity index (χ0n) is 8.88. The van der Waals surface area contributed by atoms with E-state index in [0.29, 0.717) is 29.2 Å². The standard InChI is InChI=1S/C11H12ClN3O/c1-14-11(16)4-5-15-10-6-9(12)3-2-8(10)7-13/h2-3,6,15H,4-5H2,1H3,(H,14,16). The second kappa shape index (κ2) is 5.99. The summed E-state index contributed by atoms with van der Waals surface area (Å²) in [6.07, 6.45) is 0.355. The lowest BCUT2D eigenvalue weighted by atomic mass is 10.2. The lowest BCUT2D eigenvalue weighted by Gasteiger charge is -2.07. The zero-order chi connectivity index (χ0) is 12.0. The van der Waals surface area contributed by atoms with E-state index in [-0.39, 0.29) is 5.91 Å². The molecule has 4 nitrogen and oxygen atoms in total. The van der Waals surface area contributed by atoms with Gasteiger partial charge in [0.1, 0.15) is 6.07 Å². The first kappa shape index (κ1) is 12.3. The van der Waals surface area contributed by atoms with Gasteiger partial charge in [0.2, 0.25) is 5.91 Å². The summed E-state index contributed by atoms with van der Waals surface area (Å²) in [6, 6.07) is 7.02. The van der Waals surface area contributed by atoms with Crippen LogP contribution in [0.3, 0.4) is 0 Å². The maximum Gasteiger partial charge on any atom is 0.221 e. The molecule has 0 unspecified atom stereocenters. The molecule has 5 heteroatoms. The minimum Gasteiger partial charge on any atom is -0.383 e. The molecule has 0 saturated carbocycles. The average Bonchev–Trinajstić information content (AvgIpc) is 2.29. The highest BCUT2D eigenvalue weighted by atomic mass is 35.5. The molecule has 0 radical (unpaired) electrons. The summed E-state index contributed by atoms with van der Waals surface area (Å²) in [5.41, 5.74) is 1.17. The predicted octanol–water partition coefficient (Wildman–Crippen LogP) is 1.76. The number of hydrogen-bond acceptors (Lipinski definition) is 3. The third kappa shape index (κ3) is 3.44. The van der Waals surface area contributed by atoms with Gasteiger partial charge >= 0.3 is 0 Å². The van der Waals surface area contributed by atoms with Gasteiger partial charge in [-0.1, -0.05) is 11.6 Å². The number of carbonyl (C=O) groups is 1. The molecule has 84 valence electrons. The van der Waals surface area contributed by atoms with E-state index in [0.717, 1.165) is 0 Å². The smallest absolute Gasteiger partial charge is 0.221 e. The third-order valence-electron chi connectivity index (χ3n) is 2.05. The molecule has 0 aliphatic rings. The lowest BCUT2D eigenvalue weighted by molar-refractivity contribution is -0.120. The van der Waals surface area contributed by atoms with Gasteiger partial charge in [-0.05, 0) is 18.2 Å². The van der Waals surface area contributed by atoms with Crippen LogP contribution in [0.1, 0.15) is 12.0 Å². The molecule has 0 aliphatic heterocycles. The van der Waals surface area contributed by atoms with E-state index in [4.69, 9.17) is 16.9 Å². The maximum atomic E-state index is 11.0. The van der Waals surface area contributed by atoms with Crippen LogP contribution in [0.5, 0.6) is 0 Å². The molecule has 1 aromatic rings. The summed E-state index contributed by atoms with van der Waals surface area (Å²) in [6.45, 7) is 0.467. The number of benzene rings is 1. The first-order valence-electron chi connectivity index (χ1n) is 4.81. The Morgan fingerprint density at radius 3 is 2.94 bits per heavy atom. The highest BCUT2D eigenvalue weighted by Crippen LogP contribution is 2.20. The molecule has 1 rings (SSSR count). The summed E-state index contributed by atoms with van der Waals surface area (Å²) in [4.78, 5) is 11.0. The number of nitriles is 1. The second-order valence-electron chi connectivity index (χ2n) is 3.15. The van der Waals surface area contributed by atoms with E-state index in [9.17, 15) is 4.79 Å². The van der Waals surface area contributed by atoms with E-state index >= 15 is 0 Å². The minimum absolute atomic E-state index is 0.0481. The summed E-state index contributed by atoms with van der Waals surface area (Å²) in [5, 5.41) is 14.9. The first-order chi connectivity index (χ1) is 7.67. The Morgan fingerprint density at radius 1 is 1.56 bits per heavy atom. The van der Waals surface area contributed by atoms with Crippen LogP contribution < -0.4 is 10.6 Å². The van der Waals surface area contributed by atoms with Gasteiger partial charge in [0.05, 0.1) is 11.3 Å². The molecular weight excluding hydrogens is 226 g/mol. The molecule has 1 amide bonds. The molecule has 0 atom stereocenters. The Kier molecular flexibility index (Phi) is 4.62. The molecular formula is C11H12ClN3O. The average molecular weight is 238 g/mol. The van der Waals surface area contributed by atoms with Crippen LogP contribution in [-0.2, 0) is 4.79 Å². The van der Waals surface area contributed by atoms with Gasteiger partial charge in [0.25, 0.3) is 0 Å². The molecule has 0 spiro atoms. The van der Waals surface area contributed by atoms with Crippen LogP contribution in [0.4, 0.5) is 5.69 Å². The fourth-order valence-electron chi connectivity index (χ4n) is 1.20. The Bertz CT molecular complexity index is 426. The number of anilines is 1. The van der Waals surface area contributed by atoms with Gasteiger partial charge in [-0.3, -0.25) is 4.79 Å². The van der Waals surface area contributed by atoms with Crippen molar-refractivity contribution >= 4 is 23.2 Å². The van der Waals surface area contributed by atoms with Crippen molar-refractivity contribution in [3.8, 4) is 6.07 Å². The van der Waals surface area contributed by atoms with Crippen LogP contribution in [0, 0.1) is 11.3 Å². The zero-order valence-corrected chi connectivity index (χ0v) is 9.64. The fourth-order valence-corrected chi connectivity index (χ4v) is 1.37. The van der Waals surface area contributed by atoms with Crippen molar-refractivity contribution in [2.24, 2.45) is 0 Å². The fraction of sp³-hybridized carbons (Fsp3) is 0.273. The Balaban J connectivity index is 2.63. The van der Waals surface area contributed by atoms with E-state index in [1.165, 1.54) is 0 Å². The quantitative estimate of drug-likeness (QED) is 0.839. The SMILES string of the molecule is CNC(=O)CCNc1cc(Cl)ccc1C#N. The van der Waals surface area contributed by atoms with Crippen LogP contribution >= 0.6 is 11.6 Å². The largest absolute Gasteiger partial charge is 0.383 e. The van der Waals surface area contributed by atoms with Crippen molar-refractivity contribution in [3.63, 3.8) is 0 Å². The van der Waals surface area contributed by atoms with Crippen LogP contribution in [0.25, 0.3) is 0 Å². The van der Waals surface area contributed by atoms with Crippen molar-refractivity contribution in [1.82, 2.24) is 5.32 Å². The first-order valence-corrected chi connectivity index (χ1v) is 5.19.